The molecule has 0 radical (unpaired) electrons. The third-order valence-corrected chi connectivity index (χ3v) is 1.96. The fraction of sp³-hybridized carbons (Fsp3) is 0.615. The molecule has 1 amide bonds. The number of hydrogen-bond acceptors (Lipinski definition) is 1. The molecule has 0 saturated carbocycles. The van der Waals surface area contributed by atoms with Crippen molar-refractivity contribution in [1.82, 2.24) is 5.32 Å². The Morgan fingerprint density at radius 2 is 1.60 bits per heavy atom. The lowest BCUT2D eigenvalue weighted by molar-refractivity contribution is -0.120. The molecule has 0 rings (SSSR count). The molecule has 0 aromatic rings. The van der Waals surface area contributed by atoms with Crippen LogP contribution in [0.4, 0.5) is 0 Å². The van der Waals surface area contributed by atoms with Gasteiger partial charge in [0.1, 0.15) is 0 Å². The summed E-state index contributed by atoms with van der Waals surface area (Å²) in [6.45, 7) is 11.9. The molecule has 0 heterocycles. The zero-order valence-electron chi connectivity index (χ0n) is 11.0. The minimum Gasteiger partial charge on any atom is -0.326 e. The van der Waals surface area contributed by atoms with Gasteiger partial charge in [-0.2, -0.15) is 0 Å². The molecule has 0 bridgehead atoms. The number of carbonyl (C=O) groups excluding carboxylic acids is 1. The van der Waals surface area contributed by atoms with Gasteiger partial charge in [0.2, 0.25) is 5.91 Å². The molecule has 0 aromatic carbocycles. The van der Waals surface area contributed by atoms with E-state index in [9.17, 15) is 4.79 Å². The van der Waals surface area contributed by atoms with E-state index >= 15 is 0 Å². The molecule has 2 nitrogen and oxygen atoms in total. The van der Waals surface area contributed by atoms with E-state index in [-0.39, 0.29) is 5.91 Å². The van der Waals surface area contributed by atoms with Crippen LogP contribution in [-0.4, -0.2) is 5.91 Å². The van der Waals surface area contributed by atoms with Crippen molar-refractivity contribution in [2.24, 2.45) is 0 Å². The average Bonchev–Trinajstić information content (AvgIpc) is 2.31. The Hall–Kier alpha value is -1.05. The summed E-state index contributed by atoms with van der Waals surface area (Å²) in [4.78, 5) is 11.1. The van der Waals surface area contributed by atoms with Crippen LogP contribution in [0.1, 0.15) is 54.4 Å². The zero-order chi connectivity index (χ0) is 12.3. The molecule has 0 saturated heterocycles. The molecular formula is C13H25NO. The van der Waals surface area contributed by atoms with Gasteiger partial charge in [-0.25, -0.2) is 0 Å². The number of hydrogen-bond donors (Lipinski definition) is 1. The maximum Gasteiger partial charge on any atom is 0.224 e. The molecule has 0 aliphatic heterocycles. The van der Waals surface area contributed by atoms with Crippen LogP contribution >= 0.6 is 0 Å². The molecule has 0 aromatic heterocycles. The van der Waals surface area contributed by atoms with E-state index in [2.05, 4.69) is 12.2 Å². The van der Waals surface area contributed by atoms with Crippen molar-refractivity contribution in [3.05, 3.63) is 23.4 Å². The van der Waals surface area contributed by atoms with Gasteiger partial charge in [0.25, 0.3) is 0 Å². The molecule has 88 valence electrons. The van der Waals surface area contributed by atoms with Crippen LogP contribution in [0.2, 0.25) is 0 Å². The van der Waals surface area contributed by atoms with Gasteiger partial charge in [-0.3, -0.25) is 4.79 Å². The average molecular weight is 211 g/mol. The predicted molar refractivity (Wildman–Crippen MR) is 67.6 cm³/mol. The van der Waals surface area contributed by atoms with E-state index in [0.717, 1.165) is 12.1 Å². The van der Waals surface area contributed by atoms with Gasteiger partial charge >= 0.3 is 0 Å². The van der Waals surface area contributed by atoms with Crippen molar-refractivity contribution in [2.45, 2.75) is 54.4 Å². The lowest BCUT2D eigenvalue weighted by Gasteiger charge is -2.10. The zero-order valence-corrected chi connectivity index (χ0v) is 11.0. The van der Waals surface area contributed by atoms with E-state index in [1.54, 1.807) is 0 Å². The molecule has 0 aliphatic rings. The van der Waals surface area contributed by atoms with E-state index in [1.807, 2.05) is 46.8 Å². The maximum atomic E-state index is 11.1. The number of allylic oxidation sites excluding steroid dienone is 3. The molecule has 0 atom stereocenters. The van der Waals surface area contributed by atoms with Gasteiger partial charge in [0.15, 0.2) is 0 Å². The third-order valence-electron chi connectivity index (χ3n) is 1.96. The fourth-order valence-electron chi connectivity index (χ4n) is 1.13. The van der Waals surface area contributed by atoms with Crippen LogP contribution in [0.3, 0.4) is 0 Å². The summed E-state index contributed by atoms with van der Waals surface area (Å²) >= 11 is 0. The van der Waals surface area contributed by atoms with Crippen molar-refractivity contribution in [2.75, 3.05) is 0 Å². The Balaban J connectivity index is 0. The summed E-state index contributed by atoms with van der Waals surface area (Å²) < 4.78 is 0. The van der Waals surface area contributed by atoms with Gasteiger partial charge in [-0.15, -0.1) is 0 Å². The summed E-state index contributed by atoms with van der Waals surface area (Å²) in [6.07, 6.45) is 5.44. The summed E-state index contributed by atoms with van der Waals surface area (Å²) in [6, 6.07) is 0. The summed E-state index contributed by atoms with van der Waals surface area (Å²) in [5, 5.41) is 2.87. The molecule has 0 unspecified atom stereocenters. The SMILES string of the molecule is C/C=C(CC)\C(=C/C)NC(=O)CC.CC. The van der Waals surface area contributed by atoms with Crippen LogP contribution in [-0.2, 0) is 4.79 Å². The predicted octanol–water partition coefficient (Wildman–Crippen LogP) is 3.80. The molecule has 0 fully saturated rings. The molecule has 15 heavy (non-hydrogen) atoms. The highest BCUT2D eigenvalue weighted by Crippen LogP contribution is 2.10. The standard InChI is InChI=1S/C11H19NO.C2H6/c1-5-9(6-2)10(7-3)12-11(13)8-4;1-2/h5,7H,6,8H2,1-4H3,(H,12,13);1-2H3/b9-5-,10-7+;. The first-order valence-corrected chi connectivity index (χ1v) is 5.81. The van der Waals surface area contributed by atoms with Gasteiger partial charge < -0.3 is 5.32 Å². The minimum atomic E-state index is 0.0703. The first-order chi connectivity index (χ1) is 7.19. The number of amides is 1. The van der Waals surface area contributed by atoms with Gasteiger partial charge in [-0.05, 0) is 25.8 Å². The van der Waals surface area contributed by atoms with Crippen molar-refractivity contribution in [1.29, 1.82) is 0 Å². The highest BCUT2D eigenvalue weighted by atomic mass is 16.1. The van der Waals surface area contributed by atoms with Crippen LogP contribution in [0.25, 0.3) is 0 Å². The van der Waals surface area contributed by atoms with Crippen LogP contribution in [0.5, 0.6) is 0 Å². The quantitative estimate of drug-likeness (QED) is 0.704. The van der Waals surface area contributed by atoms with Crippen molar-refractivity contribution < 1.29 is 4.79 Å². The lowest BCUT2D eigenvalue weighted by Crippen LogP contribution is -2.22. The lowest BCUT2D eigenvalue weighted by atomic mass is 10.1. The van der Waals surface area contributed by atoms with Crippen LogP contribution < -0.4 is 5.32 Å². The van der Waals surface area contributed by atoms with Crippen molar-refractivity contribution in [3.63, 3.8) is 0 Å². The monoisotopic (exact) mass is 211 g/mol. The smallest absolute Gasteiger partial charge is 0.224 e. The third kappa shape index (κ3) is 6.95. The minimum absolute atomic E-state index is 0.0703. The maximum absolute atomic E-state index is 11.1. The number of carbonyl (C=O) groups is 1. The second-order valence-corrected chi connectivity index (χ2v) is 2.77. The Kier molecular flexibility index (Phi) is 12.0. The molecule has 1 N–H and O–H groups in total. The summed E-state index contributed by atoms with van der Waals surface area (Å²) in [5.74, 6) is 0.0703. The van der Waals surface area contributed by atoms with Crippen LogP contribution in [0.15, 0.2) is 23.4 Å². The van der Waals surface area contributed by atoms with E-state index in [0.29, 0.717) is 6.42 Å². The van der Waals surface area contributed by atoms with Gasteiger partial charge in [0, 0.05) is 12.1 Å². The molecule has 0 spiro atoms. The Labute approximate surface area is 94.5 Å². The molecule has 0 aliphatic carbocycles. The highest BCUT2D eigenvalue weighted by Gasteiger charge is 2.03. The second kappa shape index (κ2) is 11.0. The Morgan fingerprint density at radius 1 is 1.07 bits per heavy atom. The molecular weight excluding hydrogens is 186 g/mol. The van der Waals surface area contributed by atoms with Crippen molar-refractivity contribution >= 4 is 5.91 Å². The van der Waals surface area contributed by atoms with Gasteiger partial charge in [0.05, 0.1) is 0 Å². The largest absolute Gasteiger partial charge is 0.326 e. The topological polar surface area (TPSA) is 29.1 Å². The fourth-order valence-corrected chi connectivity index (χ4v) is 1.13. The van der Waals surface area contributed by atoms with E-state index in [4.69, 9.17) is 0 Å². The van der Waals surface area contributed by atoms with E-state index < -0.39 is 0 Å². The summed E-state index contributed by atoms with van der Waals surface area (Å²) in [5.41, 5.74) is 2.13. The Morgan fingerprint density at radius 3 is 1.87 bits per heavy atom. The van der Waals surface area contributed by atoms with Gasteiger partial charge in [-0.1, -0.05) is 39.8 Å². The highest BCUT2D eigenvalue weighted by molar-refractivity contribution is 5.78. The summed E-state index contributed by atoms with van der Waals surface area (Å²) in [7, 11) is 0. The first kappa shape index (κ1) is 16.4. The normalized spacial score (nSPS) is 11.6. The van der Waals surface area contributed by atoms with Crippen LogP contribution in [0, 0.1) is 0 Å². The first-order valence-electron chi connectivity index (χ1n) is 5.81. The number of nitrogens with one attached hydrogen (secondary N) is 1. The molecule has 2 heteroatoms. The van der Waals surface area contributed by atoms with Crippen molar-refractivity contribution in [3.8, 4) is 0 Å². The van der Waals surface area contributed by atoms with E-state index in [1.165, 1.54) is 5.57 Å². The Bertz CT molecular complexity index is 227. The number of rotatable bonds is 4. The second-order valence-electron chi connectivity index (χ2n) is 2.77.